The van der Waals surface area contributed by atoms with Gasteiger partial charge in [-0.15, -0.1) is 0 Å². The molecule has 8 nitrogen and oxygen atoms in total. The number of morpholine rings is 1. The average molecular weight is 344 g/mol. The van der Waals surface area contributed by atoms with Crippen molar-refractivity contribution in [2.24, 2.45) is 5.92 Å². The SMILES string of the molecule is CC(C)(C)OC(=O)N1CC(OC=O)CC(C(O)N2CCOCC2)C1. The molecule has 2 saturated heterocycles. The van der Waals surface area contributed by atoms with Gasteiger partial charge >= 0.3 is 6.09 Å². The summed E-state index contributed by atoms with van der Waals surface area (Å²) in [5, 5.41) is 10.7. The highest BCUT2D eigenvalue weighted by Crippen LogP contribution is 2.25. The van der Waals surface area contributed by atoms with Crippen molar-refractivity contribution in [1.82, 2.24) is 9.80 Å². The Morgan fingerprint density at radius 1 is 1.29 bits per heavy atom. The molecule has 0 aromatic heterocycles. The second-order valence-electron chi connectivity index (χ2n) is 7.30. The molecule has 1 N–H and O–H groups in total. The van der Waals surface area contributed by atoms with Crippen LogP contribution < -0.4 is 0 Å². The van der Waals surface area contributed by atoms with Crippen molar-refractivity contribution in [2.75, 3.05) is 39.4 Å². The van der Waals surface area contributed by atoms with Crippen LogP contribution in [0.15, 0.2) is 0 Å². The van der Waals surface area contributed by atoms with E-state index in [2.05, 4.69) is 0 Å². The minimum absolute atomic E-state index is 0.214. The summed E-state index contributed by atoms with van der Waals surface area (Å²) in [6.45, 7) is 8.87. The van der Waals surface area contributed by atoms with Crippen LogP contribution in [0.3, 0.4) is 0 Å². The standard InChI is InChI=1S/C16H28N2O6/c1-16(2,3)24-15(21)18-9-12(8-13(10-18)23-11-19)14(20)17-4-6-22-7-5-17/h11-14,20H,4-10H2,1-3H3. The van der Waals surface area contributed by atoms with Crippen LogP contribution in [-0.2, 0) is 19.0 Å². The first-order chi connectivity index (χ1) is 11.3. The van der Waals surface area contributed by atoms with E-state index in [1.807, 2.05) is 4.90 Å². The fourth-order valence-corrected chi connectivity index (χ4v) is 3.10. The van der Waals surface area contributed by atoms with Crippen molar-refractivity contribution in [1.29, 1.82) is 0 Å². The Labute approximate surface area is 142 Å². The lowest BCUT2D eigenvalue weighted by Gasteiger charge is -2.42. The third-order valence-corrected chi connectivity index (χ3v) is 4.19. The van der Waals surface area contributed by atoms with Gasteiger partial charge < -0.3 is 24.2 Å². The molecule has 24 heavy (non-hydrogen) atoms. The van der Waals surface area contributed by atoms with Crippen molar-refractivity contribution >= 4 is 12.6 Å². The first kappa shape index (κ1) is 19.0. The molecule has 2 aliphatic rings. The van der Waals surface area contributed by atoms with Crippen LogP contribution >= 0.6 is 0 Å². The molecule has 0 aliphatic carbocycles. The summed E-state index contributed by atoms with van der Waals surface area (Å²) >= 11 is 0. The summed E-state index contributed by atoms with van der Waals surface area (Å²) in [7, 11) is 0. The number of nitrogens with zero attached hydrogens (tertiary/aromatic N) is 2. The number of hydrogen-bond acceptors (Lipinski definition) is 7. The Morgan fingerprint density at radius 2 is 1.96 bits per heavy atom. The molecule has 138 valence electrons. The molecule has 0 aromatic carbocycles. The third-order valence-electron chi connectivity index (χ3n) is 4.19. The molecule has 1 amide bonds. The topological polar surface area (TPSA) is 88.5 Å². The predicted octanol–water partition coefficient (Wildman–Crippen LogP) is 0.436. The molecule has 2 aliphatic heterocycles. The smallest absolute Gasteiger partial charge is 0.410 e. The lowest BCUT2D eigenvalue weighted by atomic mass is 9.93. The number of piperidine rings is 1. The predicted molar refractivity (Wildman–Crippen MR) is 85.2 cm³/mol. The second kappa shape index (κ2) is 8.13. The van der Waals surface area contributed by atoms with Crippen LogP contribution in [0.2, 0.25) is 0 Å². The Balaban J connectivity index is 2.04. The van der Waals surface area contributed by atoms with Gasteiger partial charge in [0, 0.05) is 25.6 Å². The average Bonchev–Trinajstić information content (AvgIpc) is 2.53. The fourth-order valence-electron chi connectivity index (χ4n) is 3.10. The van der Waals surface area contributed by atoms with Crippen LogP contribution in [0.1, 0.15) is 27.2 Å². The quantitative estimate of drug-likeness (QED) is 0.740. The summed E-state index contributed by atoms with van der Waals surface area (Å²) in [5.41, 5.74) is -0.603. The number of hydrogen-bond donors (Lipinski definition) is 1. The maximum absolute atomic E-state index is 12.4. The van der Waals surface area contributed by atoms with Gasteiger partial charge in [-0.3, -0.25) is 9.69 Å². The summed E-state index contributed by atoms with van der Waals surface area (Å²) in [4.78, 5) is 26.5. The number of amides is 1. The molecule has 0 bridgehead atoms. The summed E-state index contributed by atoms with van der Waals surface area (Å²) in [5.74, 6) is -0.214. The van der Waals surface area contributed by atoms with Gasteiger partial charge in [-0.05, 0) is 27.2 Å². The van der Waals surface area contributed by atoms with E-state index in [-0.39, 0.29) is 12.5 Å². The van der Waals surface area contributed by atoms with Crippen LogP contribution in [0.25, 0.3) is 0 Å². The molecule has 3 unspecified atom stereocenters. The normalized spacial score (nSPS) is 27.4. The molecule has 2 rings (SSSR count). The molecule has 2 fully saturated rings. The van der Waals surface area contributed by atoms with Crippen LogP contribution in [0, 0.1) is 5.92 Å². The monoisotopic (exact) mass is 344 g/mol. The highest BCUT2D eigenvalue weighted by Gasteiger charge is 2.38. The van der Waals surface area contributed by atoms with Crippen molar-refractivity contribution < 1.29 is 28.9 Å². The summed E-state index contributed by atoms with van der Waals surface area (Å²) in [6.07, 6.45) is -1.10. The van der Waals surface area contributed by atoms with E-state index in [1.54, 1.807) is 20.8 Å². The van der Waals surface area contributed by atoms with E-state index in [0.29, 0.717) is 45.7 Å². The number of aliphatic hydroxyl groups excluding tert-OH is 1. The molecule has 8 heteroatoms. The Hall–Kier alpha value is -1.38. The van der Waals surface area contributed by atoms with Gasteiger partial charge in [0.15, 0.2) is 0 Å². The molecule has 0 spiro atoms. The summed E-state index contributed by atoms with van der Waals surface area (Å²) < 4.78 is 15.8. The molecule has 3 atom stereocenters. The lowest BCUT2D eigenvalue weighted by Crippen LogP contribution is -2.55. The van der Waals surface area contributed by atoms with Gasteiger partial charge in [0.2, 0.25) is 0 Å². The largest absolute Gasteiger partial charge is 0.463 e. The molecular weight excluding hydrogens is 316 g/mol. The van der Waals surface area contributed by atoms with Gasteiger partial charge in [0.1, 0.15) is 17.9 Å². The van der Waals surface area contributed by atoms with Crippen LogP contribution in [0.4, 0.5) is 4.79 Å². The molecule has 0 aromatic rings. The van der Waals surface area contributed by atoms with Gasteiger partial charge in [-0.2, -0.15) is 0 Å². The molecule has 0 saturated carbocycles. The zero-order valence-corrected chi connectivity index (χ0v) is 14.6. The number of carbonyl (C=O) groups excluding carboxylic acids is 2. The van der Waals surface area contributed by atoms with Gasteiger partial charge in [0.05, 0.1) is 19.8 Å². The number of ether oxygens (including phenoxy) is 3. The van der Waals surface area contributed by atoms with Gasteiger partial charge in [0.25, 0.3) is 6.47 Å². The highest BCUT2D eigenvalue weighted by molar-refractivity contribution is 5.68. The van der Waals surface area contributed by atoms with Gasteiger partial charge in [-0.1, -0.05) is 0 Å². The lowest BCUT2D eigenvalue weighted by molar-refractivity contribution is -0.144. The Morgan fingerprint density at radius 3 is 2.54 bits per heavy atom. The van der Waals surface area contributed by atoms with E-state index in [1.165, 1.54) is 4.90 Å². The van der Waals surface area contributed by atoms with Crippen molar-refractivity contribution in [2.45, 2.75) is 45.1 Å². The zero-order chi connectivity index (χ0) is 17.7. The first-order valence-electron chi connectivity index (χ1n) is 8.37. The van der Waals surface area contributed by atoms with E-state index in [4.69, 9.17) is 14.2 Å². The molecule has 0 radical (unpaired) electrons. The van der Waals surface area contributed by atoms with Crippen molar-refractivity contribution in [3.8, 4) is 0 Å². The summed E-state index contributed by atoms with van der Waals surface area (Å²) in [6, 6.07) is 0. The maximum Gasteiger partial charge on any atom is 0.410 e. The van der Waals surface area contributed by atoms with Crippen LogP contribution in [0.5, 0.6) is 0 Å². The maximum atomic E-state index is 12.4. The number of likely N-dealkylation sites (tertiary alicyclic amines) is 1. The molecule has 2 heterocycles. The van der Waals surface area contributed by atoms with E-state index in [9.17, 15) is 14.7 Å². The highest BCUT2D eigenvalue weighted by atomic mass is 16.6. The number of carbonyl (C=O) groups is 2. The minimum Gasteiger partial charge on any atom is -0.463 e. The zero-order valence-electron chi connectivity index (χ0n) is 14.6. The number of aliphatic hydroxyl groups is 1. The van der Waals surface area contributed by atoms with Crippen molar-refractivity contribution in [3.63, 3.8) is 0 Å². The number of rotatable bonds is 4. The second-order valence-corrected chi connectivity index (χ2v) is 7.30. The Kier molecular flexibility index (Phi) is 6.42. The van der Waals surface area contributed by atoms with Crippen LogP contribution in [-0.4, -0.2) is 84.8 Å². The van der Waals surface area contributed by atoms with E-state index >= 15 is 0 Å². The van der Waals surface area contributed by atoms with E-state index < -0.39 is 24.0 Å². The molecular formula is C16H28N2O6. The van der Waals surface area contributed by atoms with E-state index in [0.717, 1.165) is 0 Å². The fraction of sp³-hybridized carbons (Fsp3) is 0.875. The third kappa shape index (κ3) is 5.32. The van der Waals surface area contributed by atoms with Crippen molar-refractivity contribution in [3.05, 3.63) is 0 Å². The first-order valence-corrected chi connectivity index (χ1v) is 8.37. The minimum atomic E-state index is -0.711. The Bertz CT molecular complexity index is 433. The van der Waals surface area contributed by atoms with Gasteiger partial charge in [-0.25, -0.2) is 4.79 Å².